The van der Waals surface area contributed by atoms with Gasteiger partial charge in [0.2, 0.25) is 5.69 Å². The molecule has 1 aliphatic rings. The summed E-state index contributed by atoms with van der Waals surface area (Å²) in [5.41, 5.74) is -1.43. The van der Waals surface area contributed by atoms with Gasteiger partial charge in [-0.15, -0.1) is 0 Å². The van der Waals surface area contributed by atoms with Crippen LogP contribution in [0.5, 0.6) is 0 Å². The monoisotopic (exact) mass is 318 g/mol. The molecule has 0 saturated heterocycles. The lowest BCUT2D eigenvalue weighted by molar-refractivity contribution is -0.392. The van der Waals surface area contributed by atoms with E-state index in [9.17, 15) is 33.4 Å². The zero-order valence-corrected chi connectivity index (χ0v) is 10.9. The van der Waals surface area contributed by atoms with E-state index in [4.69, 9.17) is 0 Å². The Morgan fingerprint density at radius 3 is 1.91 bits per heavy atom. The Bertz CT molecular complexity index is 631. The molecule has 0 heterocycles. The van der Waals surface area contributed by atoms with E-state index in [1.54, 1.807) is 0 Å². The average Bonchev–Trinajstić information content (AvgIpc) is 2.34. The molecule has 1 aliphatic carbocycles. The summed E-state index contributed by atoms with van der Waals surface area (Å²) in [6, 6.07) is 0.493. The van der Waals surface area contributed by atoms with Crippen LogP contribution in [-0.4, -0.2) is 15.6 Å². The first kappa shape index (κ1) is 15.7. The van der Waals surface area contributed by atoms with Crippen LogP contribution in [-0.2, 0) is 6.18 Å². The first-order valence-corrected chi connectivity index (χ1v) is 6.05. The number of nitro benzene ring substituents is 2. The van der Waals surface area contributed by atoms with Crippen molar-refractivity contribution in [2.75, 3.05) is 5.43 Å². The van der Waals surface area contributed by atoms with Crippen LogP contribution in [0.1, 0.15) is 24.8 Å². The van der Waals surface area contributed by atoms with E-state index in [2.05, 4.69) is 10.5 Å². The summed E-state index contributed by atoms with van der Waals surface area (Å²) < 4.78 is 38.1. The lowest BCUT2D eigenvalue weighted by atomic mass is 9.98. The normalized spacial score (nSPS) is 14.2. The van der Waals surface area contributed by atoms with Crippen molar-refractivity contribution in [1.29, 1.82) is 0 Å². The average molecular weight is 318 g/mol. The number of nitrogens with one attached hydrogen (secondary N) is 1. The SMILES string of the molecule is O=[N+]([O-])c1cc(C(F)(F)F)cc([N+](=O)[O-])c1NN=C1CCC1. The Kier molecular flexibility index (Phi) is 3.97. The fraction of sp³-hybridized carbons (Fsp3) is 0.364. The van der Waals surface area contributed by atoms with Crippen LogP contribution in [0, 0.1) is 20.2 Å². The molecule has 2 rings (SSSR count). The van der Waals surface area contributed by atoms with E-state index in [1.807, 2.05) is 0 Å². The molecule has 0 bridgehead atoms. The maximum Gasteiger partial charge on any atom is 0.416 e. The lowest BCUT2D eigenvalue weighted by Gasteiger charge is -2.15. The smallest absolute Gasteiger partial charge is 0.266 e. The summed E-state index contributed by atoms with van der Waals surface area (Å²) in [6.45, 7) is 0. The molecule has 1 saturated carbocycles. The molecule has 11 heteroatoms. The number of hydrogen-bond acceptors (Lipinski definition) is 6. The van der Waals surface area contributed by atoms with Crippen molar-refractivity contribution < 1.29 is 23.0 Å². The lowest BCUT2D eigenvalue weighted by Crippen LogP contribution is -2.13. The summed E-state index contributed by atoms with van der Waals surface area (Å²) in [6.07, 6.45) is -2.80. The highest BCUT2D eigenvalue weighted by Crippen LogP contribution is 2.41. The number of anilines is 1. The van der Waals surface area contributed by atoms with Crippen LogP contribution in [0.4, 0.5) is 30.2 Å². The minimum absolute atomic E-state index is 0.246. The number of halogens is 3. The van der Waals surface area contributed by atoms with Gasteiger partial charge in [-0.2, -0.15) is 18.3 Å². The van der Waals surface area contributed by atoms with E-state index >= 15 is 0 Å². The van der Waals surface area contributed by atoms with Gasteiger partial charge in [0.05, 0.1) is 15.4 Å². The third-order valence-corrected chi connectivity index (χ3v) is 3.07. The zero-order valence-electron chi connectivity index (χ0n) is 10.9. The maximum atomic E-state index is 12.7. The Morgan fingerprint density at radius 2 is 1.59 bits per heavy atom. The molecule has 0 radical (unpaired) electrons. The minimum atomic E-state index is -4.94. The summed E-state index contributed by atoms with van der Waals surface area (Å²) in [5.74, 6) is 0. The van der Waals surface area contributed by atoms with E-state index in [-0.39, 0.29) is 12.1 Å². The van der Waals surface area contributed by atoms with Crippen molar-refractivity contribution in [3.05, 3.63) is 37.9 Å². The van der Waals surface area contributed by atoms with Gasteiger partial charge in [-0.05, 0) is 19.3 Å². The fourth-order valence-corrected chi connectivity index (χ4v) is 1.76. The van der Waals surface area contributed by atoms with Gasteiger partial charge in [0, 0.05) is 17.8 Å². The molecule has 1 aromatic rings. The topological polar surface area (TPSA) is 111 Å². The van der Waals surface area contributed by atoms with Gasteiger partial charge in [0.1, 0.15) is 0 Å². The molecule has 1 aromatic carbocycles. The molecule has 0 spiro atoms. The molecular weight excluding hydrogens is 309 g/mol. The first-order valence-electron chi connectivity index (χ1n) is 6.05. The standard InChI is InChI=1S/C11H9F3N4O4/c12-11(13,14)6-4-8(17(19)20)10(9(5-6)18(21)22)16-15-7-2-1-3-7/h4-5,16H,1-3H2. The summed E-state index contributed by atoms with van der Waals surface area (Å²) in [4.78, 5) is 19.6. The predicted molar refractivity (Wildman–Crippen MR) is 69.7 cm³/mol. The summed E-state index contributed by atoms with van der Waals surface area (Å²) >= 11 is 0. The van der Waals surface area contributed by atoms with Crippen molar-refractivity contribution >= 4 is 22.8 Å². The van der Waals surface area contributed by atoms with Crippen molar-refractivity contribution in [1.82, 2.24) is 0 Å². The first-order chi connectivity index (χ1) is 10.2. The van der Waals surface area contributed by atoms with Gasteiger partial charge < -0.3 is 0 Å². The van der Waals surface area contributed by atoms with Gasteiger partial charge in [-0.3, -0.25) is 25.7 Å². The van der Waals surface area contributed by atoms with Gasteiger partial charge in [-0.25, -0.2) is 0 Å². The highest BCUT2D eigenvalue weighted by Gasteiger charge is 2.37. The maximum absolute atomic E-state index is 12.7. The largest absolute Gasteiger partial charge is 0.416 e. The number of hydrazone groups is 1. The van der Waals surface area contributed by atoms with Crippen molar-refractivity contribution in [2.24, 2.45) is 5.10 Å². The molecule has 22 heavy (non-hydrogen) atoms. The third kappa shape index (κ3) is 3.13. The Balaban J connectivity index is 2.57. The van der Waals surface area contributed by atoms with Gasteiger partial charge >= 0.3 is 17.6 Å². The van der Waals surface area contributed by atoms with Crippen LogP contribution in [0.3, 0.4) is 0 Å². The number of rotatable bonds is 4. The predicted octanol–water partition coefficient (Wildman–Crippen LogP) is 3.47. The number of nitro groups is 2. The van der Waals surface area contributed by atoms with Crippen LogP contribution in [0.15, 0.2) is 17.2 Å². The van der Waals surface area contributed by atoms with Crippen molar-refractivity contribution in [3.63, 3.8) is 0 Å². The van der Waals surface area contributed by atoms with Crippen LogP contribution < -0.4 is 5.43 Å². The van der Waals surface area contributed by atoms with E-state index < -0.39 is 38.6 Å². The van der Waals surface area contributed by atoms with Gasteiger partial charge in [0.15, 0.2) is 0 Å². The van der Waals surface area contributed by atoms with Gasteiger partial charge in [-0.1, -0.05) is 0 Å². The van der Waals surface area contributed by atoms with Crippen molar-refractivity contribution in [3.8, 4) is 0 Å². The molecule has 118 valence electrons. The highest BCUT2D eigenvalue weighted by atomic mass is 19.4. The molecule has 0 aliphatic heterocycles. The van der Waals surface area contributed by atoms with Gasteiger partial charge in [0.25, 0.3) is 0 Å². The molecule has 1 fully saturated rings. The number of benzene rings is 1. The Labute approximate surface area is 120 Å². The Hall–Kier alpha value is -2.72. The van der Waals surface area contributed by atoms with E-state index in [1.165, 1.54) is 0 Å². The molecule has 0 amide bonds. The van der Waals surface area contributed by atoms with E-state index in [0.29, 0.717) is 18.6 Å². The summed E-state index contributed by atoms with van der Waals surface area (Å²) in [7, 11) is 0. The third-order valence-electron chi connectivity index (χ3n) is 3.07. The second-order valence-electron chi connectivity index (χ2n) is 4.54. The molecule has 0 unspecified atom stereocenters. The second kappa shape index (κ2) is 5.58. The van der Waals surface area contributed by atoms with Crippen molar-refractivity contribution in [2.45, 2.75) is 25.4 Å². The fourth-order valence-electron chi connectivity index (χ4n) is 1.76. The van der Waals surface area contributed by atoms with Crippen LogP contribution in [0.2, 0.25) is 0 Å². The molecular formula is C11H9F3N4O4. The van der Waals surface area contributed by atoms with Crippen LogP contribution >= 0.6 is 0 Å². The number of alkyl halides is 3. The Morgan fingerprint density at radius 1 is 1.09 bits per heavy atom. The molecule has 0 atom stereocenters. The highest BCUT2D eigenvalue weighted by molar-refractivity contribution is 5.90. The molecule has 1 N–H and O–H groups in total. The second-order valence-corrected chi connectivity index (χ2v) is 4.54. The van der Waals surface area contributed by atoms with Crippen LogP contribution in [0.25, 0.3) is 0 Å². The van der Waals surface area contributed by atoms with E-state index in [0.717, 1.165) is 6.42 Å². The minimum Gasteiger partial charge on any atom is -0.266 e. The molecule has 8 nitrogen and oxygen atoms in total. The number of hydrogen-bond donors (Lipinski definition) is 1. The quantitative estimate of drug-likeness (QED) is 0.675. The molecule has 0 aromatic heterocycles. The number of nitrogens with zero attached hydrogens (tertiary/aromatic N) is 3. The summed E-state index contributed by atoms with van der Waals surface area (Å²) in [5, 5.41) is 25.6. The zero-order chi connectivity index (χ0) is 16.5.